The average molecular weight is 565 g/mol. The second kappa shape index (κ2) is 21.5. The molecule has 2 amide bonds. The Morgan fingerprint density at radius 3 is 2.41 bits per heavy atom. The van der Waals surface area contributed by atoms with Gasteiger partial charge in [-0.15, -0.1) is 0 Å². The van der Waals surface area contributed by atoms with Gasteiger partial charge in [0, 0.05) is 40.0 Å². The lowest BCUT2D eigenvalue weighted by molar-refractivity contribution is -0.283. The van der Waals surface area contributed by atoms with Gasteiger partial charge in [0.15, 0.2) is 6.29 Å². The Morgan fingerprint density at radius 1 is 1.03 bits per heavy atom. The molecule has 14 heteroatoms. The molecule has 0 saturated carbocycles. The Hall–Kier alpha value is -2.36. The Morgan fingerprint density at radius 2 is 1.74 bits per heavy atom. The highest BCUT2D eigenvalue weighted by molar-refractivity contribution is 5.77. The summed E-state index contributed by atoms with van der Waals surface area (Å²) in [5.74, 6) is -1.14. The summed E-state index contributed by atoms with van der Waals surface area (Å²) >= 11 is 0. The normalized spacial score (nSPS) is 21.5. The number of methoxy groups -OCH3 is 1. The standard InChI is InChI=1S/C25H44N2O12/c1-18(7-5-6-8-26-16-28)27-23(31)15-34-11-9-33-10-12-35-17-37-24-13-21(38-20(3)30)25(32-4)22(39-24)14-36-19(2)29/h16,18,21-22,24-25H,5-15,17H2,1-4H3,(H,26,28)(H,27,31)/t18-,21-,22-,24-,25-/m1/s1. The fourth-order valence-corrected chi connectivity index (χ4v) is 3.77. The summed E-state index contributed by atoms with van der Waals surface area (Å²) in [6, 6.07) is 0.0284. The van der Waals surface area contributed by atoms with Gasteiger partial charge in [0.05, 0.1) is 26.4 Å². The van der Waals surface area contributed by atoms with E-state index in [1.807, 2.05) is 6.92 Å². The highest BCUT2D eigenvalue weighted by Crippen LogP contribution is 2.26. The minimum atomic E-state index is -0.760. The van der Waals surface area contributed by atoms with Crippen LogP contribution in [-0.2, 0) is 57.1 Å². The molecule has 0 unspecified atom stereocenters. The van der Waals surface area contributed by atoms with E-state index in [9.17, 15) is 19.2 Å². The SMILES string of the molecule is CO[C@@H]1[C@H](OC(C)=O)C[C@H](OCOCCOCCOCC(=O)N[C@H](C)CCCCNC=O)O[C@@H]1COC(C)=O. The van der Waals surface area contributed by atoms with Crippen molar-refractivity contribution < 1.29 is 57.1 Å². The Kier molecular flexibility index (Phi) is 19.1. The van der Waals surface area contributed by atoms with Gasteiger partial charge >= 0.3 is 11.9 Å². The van der Waals surface area contributed by atoms with Crippen LogP contribution in [0.4, 0.5) is 0 Å². The molecule has 0 spiro atoms. The number of amides is 2. The van der Waals surface area contributed by atoms with Crippen molar-refractivity contribution in [1.29, 1.82) is 0 Å². The third-order valence-corrected chi connectivity index (χ3v) is 5.54. The third kappa shape index (κ3) is 17.0. The quantitative estimate of drug-likeness (QED) is 0.0787. The van der Waals surface area contributed by atoms with Crippen molar-refractivity contribution in [2.24, 2.45) is 0 Å². The molecule has 0 aromatic heterocycles. The summed E-state index contributed by atoms with van der Waals surface area (Å²) in [7, 11) is 1.46. The van der Waals surface area contributed by atoms with E-state index in [-0.39, 0.29) is 58.2 Å². The van der Waals surface area contributed by atoms with Crippen molar-refractivity contribution in [2.45, 2.75) is 77.1 Å². The summed E-state index contributed by atoms with van der Waals surface area (Å²) < 4.78 is 43.3. The topological polar surface area (TPSA) is 166 Å². The zero-order valence-electron chi connectivity index (χ0n) is 23.3. The van der Waals surface area contributed by atoms with Crippen molar-refractivity contribution in [3.8, 4) is 0 Å². The first kappa shape index (κ1) is 34.7. The predicted molar refractivity (Wildman–Crippen MR) is 135 cm³/mol. The maximum Gasteiger partial charge on any atom is 0.302 e. The molecule has 226 valence electrons. The molecule has 5 atom stereocenters. The first-order valence-corrected chi connectivity index (χ1v) is 13.1. The molecular weight excluding hydrogens is 520 g/mol. The van der Waals surface area contributed by atoms with E-state index in [1.54, 1.807) is 0 Å². The zero-order valence-corrected chi connectivity index (χ0v) is 23.3. The van der Waals surface area contributed by atoms with Gasteiger partial charge in [-0.1, -0.05) is 0 Å². The first-order valence-electron chi connectivity index (χ1n) is 13.1. The van der Waals surface area contributed by atoms with Gasteiger partial charge in [-0.3, -0.25) is 19.2 Å². The van der Waals surface area contributed by atoms with Crippen LogP contribution in [0.25, 0.3) is 0 Å². The lowest BCUT2D eigenvalue weighted by Gasteiger charge is -2.39. The number of unbranched alkanes of at least 4 members (excludes halogenated alkanes) is 1. The number of hydrogen-bond donors (Lipinski definition) is 2. The summed E-state index contributed by atoms with van der Waals surface area (Å²) in [5, 5.41) is 5.47. The molecule has 1 aliphatic rings. The van der Waals surface area contributed by atoms with Crippen molar-refractivity contribution in [1.82, 2.24) is 10.6 Å². The van der Waals surface area contributed by atoms with Gasteiger partial charge in [-0.05, 0) is 26.2 Å². The molecule has 0 radical (unpaired) electrons. The number of rotatable bonds is 22. The minimum absolute atomic E-state index is 0.0284. The van der Waals surface area contributed by atoms with Gasteiger partial charge in [-0.25, -0.2) is 0 Å². The highest BCUT2D eigenvalue weighted by Gasteiger charge is 2.42. The van der Waals surface area contributed by atoms with Crippen LogP contribution in [0.1, 0.15) is 46.5 Å². The second-order valence-corrected chi connectivity index (χ2v) is 8.88. The van der Waals surface area contributed by atoms with Gasteiger partial charge in [0.2, 0.25) is 12.3 Å². The van der Waals surface area contributed by atoms with Crippen LogP contribution in [0.5, 0.6) is 0 Å². The lowest BCUT2D eigenvalue weighted by Crippen LogP contribution is -2.53. The largest absolute Gasteiger partial charge is 0.463 e. The number of ether oxygens (including phenoxy) is 8. The maximum atomic E-state index is 11.9. The minimum Gasteiger partial charge on any atom is -0.463 e. The van der Waals surface area contributed by atoms with Crippen molar-refractivity contribution >= 4 is 24.3 Å². The molecule has 0 aromatic carbocycles. The smallest absolute Gasteiger partial charge is 0.302 e. The molecule has 14 nitrogen and oxygen atoms in total. The van der Waals surface area contributed by atoms with Crippen LogP contribution in [-0.4, -0.2) is 115 Å². The van der Waals surface area contributed by atoms with Gasteiger partial charge in [0.1, 0.15) is 38.3 Å². The van der Waals surface area contributed by atoms with Crippen LogP contribution in [0, 0.1) is 0 Å². The van der Waals surface area contributed by atoms with E-state index in [0.717, 1.165) is 19.3 Å². The Bertz CT molecular complexity index is 711. The van der Waals surface area contributed by atoms with E-state index in [2.05, 4.69) is 10.6 Å². The second-order valence-electron chi connectivity index (χ2n) is 8.88. The van der Waals surface area contributed by atoms with Crippen molar-refractivity contribution in [3.05, 3.63) is 0 Å². The molecular formula is C25H44N2O12. The Balaban J connectivity index is 2.14. The van der Waals surface area contributed by atoms with Crippen molar-refractivity contribution in [3.63, 3.8) is 0 Å². The number of carbonyl (C=O) groups excluding carboxylic acids is 4. The summed E-state index contributed by atoms with van der Waals surface area (Å²) in [5.41, 5.74) is 0. The fourth-order valence-electron chi connectivity index (χ4n) is 3.77. The van der Waals surface area contributed by atoms with E-state index < -0.39 is 36.5 Å². The zero-order chi connectivity index (χ0) is 28.9. The van der Waals surface area contributed by atoms with Crippen LogP contribution >= 0.6 is 0 Å². The van der Waals surface area contributed by atoms with E-state index >= 15 is 0 Å². The van der Waals surface area contributed by atoms with Crippen LogP contribution < -0.4 is 10.6 Å². The number of carbonyl (C=O) groups is 4. The molecule has 1 fully saturated rings. The van der Waals surface area contributed by atoms with Crippen LogP contribution in [0.3, 0.4) is 0 Å². The van der Waals surface area contributed by atoms with Crippen LogP contribution in [0.2, 0.25) is 0 Å². The summed E-state index contributed by atoms with van der Waals surface area (Å²) in [6.07, 6.45) is 0.765. The molecule has 1 aliphatic heterocycles. The highest BCUT2D eigenvalue weighted by atomic mass is 16.8. The molecule has 1 rings (SSSR count). The first-order chi connectivity index (χ1) is 18.8. The van der Waals surface area contributed by atoms with Crippen molar-refractivity contribution in [2.75, 3.05) is 60.1 Å². The van der Waals surface area contributed by atoms with E-state index in [0.29, 0.717) is 19.6 Å². The predicted octanol–water partition coefficient (Wildman–Crippen LogP) is 0.0561. The average Bonchev–Trinajstić information content (AvgIpc) is 2.87. The number of nitrogens with one attached hydrogen (secondary N) is 2. The number of esters is 2. The van der Waals surface area contributed by atoms with Gasteiger partial charge in [-0.2, -0.15) is 0 Å². The maximum absolute atomic E-state index is 11.9. The number of hydrogen-bond acceptors (Lipinski definition) is 12. The van der Waals surface area contributed by atoms with Crippen LogP contribution in [0.15, 0.2) is 0 Å². The molecule has 39 heavy (non-hydrogen) atoms. The molecule has 0 aromatic rings. The fraction of sp³-hybridized carbons (Fsp3) is 0.840. The molecule has 0 aliphatic carbocycles. The third-order valence-electron chi connectivity index (χ3n) is 5.54. The molecule has 2 N–H and O–H groups in total. The lowest BCUT2D eigenvalue weighted by atomic mass is 10.0. The monoisotopic (exact) mass is 564 g/mol. The summed E-state index contributed by atoms with van der Waals surface area (Å²) in [4.78, 5) is 44.8. The van der Waals surface area contributed by atoms with E-state index in [1.165, 1.54) is 21.0 Å². The van der Waals surface area contributed by atoms with Gasteiger partial charge < -0.3 is 48.5 Å². The van der Waals surface area contributed by atoms with E-state index in [4.69, 9.17) is 37.9 Å². The Labute approximate surface area is 229 Å². The van der Waals surface area contributed by atoms with Gasteiger partial charge in [0.25, 0.3) is 0 Å². The molecule has 0 bridgehead atoms. The molecule has 1 saturated heterocycles. The summed E-state index contributed by atoms with van der Waals surface area (Å²) in [6.45, 7) is 6.00. The molecule has 1 heterocycles.